The van der Waals surface area contributed by atoms with E-state index in [1.807, 2.05) is 18.2 Å². The predicted octanol–water partition coefficient (Wildman–Crippen LogP) is 10.0. The Morgan fingerprint density at radius 2 is 0.977 bits per heavy atom. The number of hydrogen-bond donors (Lipinski definition) is 0. The van der Waals surface area contributed by atoms with E-state index in [-0.39, 0.29) is 0 Å². The van der Waals surface area contributed by atoms with Crippen LogP contribution in [-0.2, 0) is 5.41 Å². The normalized spacial score (nSPS) is 13.5. The van der Waals surface area contributed by atoms with Crippen molar-refractivity contribution in [3.8, 4) is 54.9 Å². The molecule has 43 heavy (non-hydrogen) atoms. The van der Waals surface area contributed by atoms with Crippen LogP contribution >= 0.6 is 11.3 Å². The van der Waals surface area contributed by atoms with Crippen molar-refractivity contribution in [1.29, 1.82) is 0 Å². The molecular formula is C39H24N2OS. The Hall–Kier alpha value is -5.32. The summed E-state index contributed by atoms with van der Waals surface area (Å²) in [6, 6.07) is 51.6. The maximum absolute atomic E-state index is 6.70. The number of aromatic nitrogens is 2. The molecule has 0 bridgehead atoms. The molecule has 1 aliphatic heterocycles. The van der Waals surface area contributed by atoms with Crippen LogP contribution in [0.4, 0.5) is 0 Å². The minimum absolute atomic E-state index is 0.446. The Morgan fingerprint density at radius 1 is 0.419 bits per heavy atom. The molecule has 1 spiro atoms. The van der Waals surface area contributed by atoms with Crippen LogP contribution in [0, 0.1) is 0 Å². The van der Waals surface area contributed by atoms with Crippen LogP contribution in [0.15, 0.2) is 146 Å². The summed E-state index contributed by atoms with van der Waals surface area (Å²) >= 11 is 1.61. The summed E-state index contributed by atoms with van der Waals surface area (Å²) in [6.07, 6.45) is 0. The molecule has 4 heteroatoms. The second-order valence-electron chi connectivity index (χ2n) is 11.0. The largest absolute Gasteiger partial charge is 0.457 e. The van der Waals surface area contributed by atoms with E-state index in [0.29, 0.717) is 0 Å². The Balaban J connectivity index is 1.19. The maximum atomic E-state index is 6.70. The summed E-state index contributed by atoms with van der Waals surface area (Å²) in [4.78, 5) is 0. The monoisotopic (exact) mass is 568 g/mol. The van der Waals surface area contributed by atoms with Crippen molar-refractivity contribution in [3.63, 3.8) is 0 Å². The van der Waals surface area contributed by atoms with Gasteiger partial charge < -0.3 is 4.74 Å². The number of ether oxygens (including phenoxy) is 1. The van der Waals surface area contributed by atoms with Gasteiger partial charge in [-0.3, -0.25) is 0 Å². The third kappa shape index (κ3) is 3.54. The van der Waals surface area contributed by atoms with E-state index in [2.05, 4.69) is 138 Å². The molecule has 0 N–H and O–H groups in total. The highest BCUT2D eigenvalue weighted by molar-refractivity contribution is 7.17. The molecule has 6 aromatic carbocycles. The molecule has 2 aliphatic rings. The smallest absolute Gasteiger partial charge is 0.148 e. The maximum Gasteiger partial charge on any atom is 0.148 e. The lowest BCUT2D eigenvalue weighted by Gasteiger charge is -2.39. The van der Waals surface area contributed by atoms with Gasteiger partial charge in [0.1, 0.15) is 21.5 Å². The standard InChI is InChI=1S/C39H24N2OS/c1-2-11-25(12-3-1)37-40-41-38(43-37)28-14-10-13-26(23-28)27-21-22-34-36(24-27)42-35-20-9-8-19-33(35)39(34)31-17-6-4-15-29(31)30-16-5-7-18-32(30)39/h1-24H. The lowest BCUT2D eigenvalue weighted by Crippen LogP contribution is -2.32. The molecule has 0 fully saturated rings. The molecule has 202 valence electrons. The highest BCUT2D eigenvalue weighted by atomic mass is 32.1. The molecule has 0 atom stereocenters. The van der Waals surface area contributed by atoms with Gasteiger partial charge in [-0.15, -0.1) is 10.2 Å². The number of para-hydroxylation sites is 1. The zero-order valence-corrected chi connectivity index (χ0v) is 23.9. The zero-order valence-electron chi connectivity index (χ0n) is 23.1. The van der Waals surface area contributed by atoms with Crippen molar-refractivity contribution in [2.24, 2.45) is 0 Å². The van der Waals surface area contributed by atoms with Crippen LogP contribution < -0.4 is 4.74 Å². The molecule has 3 nitrogen and oxygen atoms in total. The predicted molar refractivity (Wildman–Crippen MR) is 174 cm³/mol. The minimum atomic E-state index is -0.446. The van der Waals surface area contributed by atoms with Gasteiger partial charge in [0.25, 0.3) is 0 Å². The molecule has 0 radical (unpaired) electrons. The summed E-state index contributed by atoms with van der Waals surface area (Å²) < 4.78 is 6.70. The van der Waals surface area contributed by atoms with Crippen molar-refractivity contribution >= 4 is 11.3 Å². The molecule has 0 saturated carbocycles. The lowest BCUT2D eigenvalue weighted by molar-refractivity contribution is 0.436. The van der Waals surface area contributed by atoms with E-state index >= 15 is 0 Å². The van der Waals surface area contributed by atoms with Crippen LogP contribution in [-0.4, -0.2) is 10.2 Å². The molecular weight excluding hydrogens is 545 g/mol. The highest BCUT2D eigenvalue weighted by Gasteiger charge is 2.50. The van der Waals surface area contributed by atoms with Gasteiger partial charge in [-0.25, -0.2) is 0 Å². The highest BCUT2D eigenvalue weighted by Crippen LogP contribution is 2.62. The topological polar surface area (TPSA) is 35.0 Å². The van der Waals surface area contributed by atoms with Crippen molar-refractivity contribution in [2.75, 3.05) is 0 Å². The van der Waals surface area contributed by atoms with Crippen molar-refractivity contribution in [3.05, 3.63) is 168 Å². The average molecular weight is 569 g/mol. The van der Waals surface area contributed by atoms with Crippen molar-refractivity contribution in [2.45, 2.75) is 5.41 Å². The van der Waals surface area contributed by atoms with Gasteiger partial charge >= 0.3 is 0 Å². The first kappa shape index (κ1) is 24.3. The number of nitrogens with zero attached hydrogens (tertiary/aromatic N) is 2. The first-order valence-electron chi connectivity index (χ1n) is 14.4. The fourth-order valence-corrected chi connectivity index (χ4v) is 7.75. The van der Waals surface area contributed by atoms with Crippen LogP contribution in [0.3, 0.4) is 0 Å². The number of fused-ring (bicyclic) bond motifs is 9. The number of rotatable bonds is 3. The summed E-state index contributed by atoms with van der Waals surface area (Å²) in [5, 5.41) is 10.8. The molecule has 7 aromatic rings. The first-order valence-corrected chi connectivity index (χ1v) is 15.2. The van der Waals surface area contributed by atoms with Gasteiger partial charge in [0.05, 0.1) is 5.41 Å². The van der Waals surface area contributed by atoms with Crippen LogP contribution in [0.2, 0.25) is 0 Å². The molecule has 0 amide bonds. The van der Waals surface area contributed by atoms with E-state index in [1.54, 1.807) is 11.3 Å². The fraction of sp³-hybridized carbons (Fsp3) is 0.0256. The van der Waals surface area contributed by atoms with Gasteiger partial charge in [-0.05, 0) is 51.6 Å². The van der Waals surface area contributed by atoms with Crippen molar-refractivity contribution in [1.82, 2.24) is 10.2 Å². The van der Waals surface area contributed by atoms with E-state index in [0.717, 1.165) is 43.8 Å². The second kappa shape index (κ2) is 9.35. The van der Waals surface area contributed by atoms with Gasteiger partial charge in [0, 0.05) is 22.3 Å². The molecule has 9 rings (SSSR count). The molecule has 1 aromatic heterocycles. The lowest BCUT2D eigenvalue weighted by atomic mass is 9.66. The fourth-order valence-electron chi connectivity index (χ4n) is 6.91. The summed E-state index contributed by atoms with van der Waals surface area (Å²) in [5.41, 5.74) is 11.4. The second-order valence-corrected chi connectivity index (χ2v) is 12.0. The third-order valence-corrected chi connectivity index (χ3v) is 9.76. The summed E-state index contributed by atoms with van der Waals surface area (Å²) in [7, 11) is 0. The zero-order chi connectivity index (χ0) is 28.4. The van der Waals surface area contributed by atoms with E-state index in [4.69, 9.17) is 4.74 Å². The van der Waals surface area contributed by atoms with Crippen LogP contribution in [0.5, 0.6) is 11.5 Å². The summed E-state index contributed by atoms with van der Waals surface area (Å²) in [5.74, 6) is 1.78. The quantitative estimate of drug-likeness (QED) is 0.213. The van der Waals surface area contributed by atoms with Gasteiger partial charge in [0.2, 0.25) is 0 Å². The Kier molecular flexibility index (Phi) is 5.28. The summed E-state index contributed by atoms with van der Waals surface area (Å²) in [6.45, 7) is 0. The van der Waals surface area contributed by atoms with Crippen LogP contribution in [0.25, 0.3) is 43.4 Å². The average Bonchev–Trinajstić information content (AvgIpc) is 3.68. The SMILES string of the molecule is c1ccc(-c2nnc(-c3cccc(-c4ccc5c(c4)Oc4ccccc4C54c5ccccc5-c5ccccc54)c3)s2)cc1. The van der Waals surface area contributed by atoms with Gasteiger partial charge in [-0.1, -0.05) is 139 Å². The van der Waals surface area contributed by atoms with Crippen LogP contribution in [0.1, 0.15) is 22.3 Å². The molecule has 0 unspecified atom stereocenters. The van der Waals surface area contributed by atoms with E-state index in [1.165, 1.54) is 33.4 Å². The van der Waals surface area contributed by atoms with Gasteiger partial charge in [0.15, 0.2) is 0 Å². The Labute approximate surface area is 253 Å². The molecule has 0 saturated heterocycles. The molecule has 1 aliphatic carbocycles. The Morgan fingerprint density at radius 3 is 1.74 bits per heavy atom. The van der Waals surface area contributed by atoms with Gasteiger partial charge in [-0.2, -0.15) is 0 Å². The van der Waals surface area contributed by atoms with Crippen molar-refractivity contribution < 1.29 is 4.74 Å². The van der Waals surface area contributed by atoms with E-state index < -0.39 is 5.41 Å². The first-order chi connectivity index (χ1) is 21.3. The Bertz CT molecular complexity index is 2140. The van der Waals surface area contributed by atoms with E-state index in [9.17, 15) is 0 Å². The third-order valence-electron chi connectivity index (χ3n) is 8.74. The number of benzene rings is 6. The minimum Gasteiger partial charge on any atom is -0.457 e. The number of hydrogen-bond acceptors (Lipinski definition) is 4. The molecule has 2 heterocycles.